The summed E-state index contributed by atoms with van der Waals surface area (Å²) in [4.78, 5) is 28.8. The predicted molar refractivity (Wildman–Crippen MR) is 145 cm³/mol. The van der Waals surface area contributed by atoms with Crippen molar-refractivity contribution in [3.8, 4) is 23.1 Å². The molecule has 0 fully saturated rings. The zero-order chi connectivity index (χ0) is 30.5. The summed E-state index contributed by atoms with van der Waals surface area (Å²) in [6.07, 6.45) is -4.25. The molecule has 1 aromatic heterocycles. The quantitative estimate of drug-likeness (QED) is 0.203. The SMILES string of the molecule is COc1cc(C)c2c(Oc3cccc(C(F)(F)F)c3)c(OC)c(C(CC(=O)O)C(=O)O)c(NC(C)CCCN)c2n1. The number of hydrogen-bond acceptors (Lipinski definition) is 8. The smallest absolute Gasteiger partial charge is 0.416 e. The second kappa shape index (κ2) is 12.9. The number of rotatable bonds is 13. The van der Waals surface area contributed by atoms with Crippen LogP contribution in [-0.4, -0.2) is 53.9 Å². The van der Waals surface area contributed by atoms with Gasteiger partial charge in [0.1, 0.15) is 11.3 Å². The highest BCUT2D eigenvalue weighted by Gasteiger charge is 2.36. The monoisotopic (exact) mass is 579 g/mol. The van der Waals surface area contributed by atoms with E-state index in [1.807, 2.05) is 6.92 Å². The van der Waals surface area contributed by atoms with E-state index in [2.05, 4.69) is 10.3 Å². The molecule has 0 saturated heterocycles. The number of aromatic nitrogens is 1. The minimum Gasteiger partial charge on any atom is -0.492 e. The molecule has 2 atom stereocenters. The van der Waals surface area contributed by atoms with E-state index in [0.29, 0.717) is 30.3 Å². The van der Waals surface area contributed by atoms with E-state index in [1.165, 1.54) is 26.4 Å². The lowest BCUT2D eigenvalue weighted by Crippen LogP contribution is -2.23. The average Bonchev–Trinajstić information content (AvgIpc) is 2.90. The average molecular weight is 580 g/mol. The van der Waals surface area contributed by atoms with Gasteiger partial charge in [0.25, 0.3) is 0 Å². The number of pyridine rings is 1. The number of halogens is 3. The highest BCUT2D eigenvalue weighted by Crippen LogP contribution is 2.51. The minimum absolute atomic E-state index is 0.0865. The highest BCUT2D eigenvalue weighted by atomic mass is 19.4. The fourth-order valence-corrected chi connectivity index (χ4v) is 4.55. The third-order valence-corrected chi connectivity index (χ3v) is 6.43. The van der Waals surface area contributed by atoms with Crippen molar-refractivity contribution in [1.82, 2.24) is 4.98 Å². The fraction of sp³-hybridized carbons (Fsp3) is 0.393. The standard InChI is InChI=1S/C28H32F3N3O7/c1-14-11-19(39-3)34-23-21(14)26(41-17-9-5-8-16(12-17)28(29,30)31)25(40-4)22(18(27(37)38)13-20(35)36)24(23)33-15(2)7-6-10-32/h5,8-9,11-12,15,18,33H,6-7,10,13,32H2,1-4H3,(H,35,36)(H,37,38). The Morgan fingerprint density at radius 3 is 2.39 bits per heavy atom. The largest absolute Gasteiger partial charge is 0.492 e. The molecule has 2 aromatic carbocycles. The molecule has 0 amide bonds. The Bertz CT molecular complexity index is 1430. The number of carbonyl (C=O) groups is 2. The summed E-state index contributed by atoms with van der Waals surface area (Å²) in [5.74, 6) is -4.83. The van der Waals surface area contributed by atoms with Gasteiger partial charge in [-0.1, -0.05) is 6.07 Å². The summed E-state index contributed by atoms with van der Waals surface area (Å²) >= 11 is 0. The van der Waals surface area contributed by atoms with E-state index >= 15 is 0 Å². The highest BCUT2D eigenvalue weighted by molar-refractivity contribution is 6.04. The number of hydrogen-bond donors (Lipinski definition) is 4. The molecule has 41 heavy (non-hydrogen) atoms. The molecular formula is C28H32F3N3O7. The molecule has 0 aliphatic heterocycles. The van der Waals surface area contributed by atoms with Gasteiger partial charge in [0.2, 0.25) is 5.88 Å². The van der Waals surface area contributed by atoms with Gasteiger partial charge in [-0.05, 0) is 57.0 Å². The summed E-state index contributed by atoms with van der Waals surface area (Å²) in [5, 5.41) is 23.3. The van der Waals surface area contributed by atoms with Gasteiger partial charge >= 0.3 is 18.1 Å². The van der Waals surface area contributed by atoms with Gasteiger partial charge in [-0.3, -0.25) is 9.59 Å². The molecule has 10 nitrogen and oxygen atoms in total. The lowest BCUT2D eigenvalue weighted by Gasteiger charge is -2.27. The van der Waals surface area contributed by atoms with Crippen LogP contribution in [0.2, 0.25) is 0 Å². The summed E-state index contributed by atoms with van der Waals surface area (Å²) < 4.78 is 57.4. The van der Waals surface area contributed by atoms with Crippen LogP contribution in [0.4, 0.5) is 18.9 Å². The van der Waals surface area contributed by atoms with Crippen molar-refractivity contribution in [3.05, 3.63) is 47.0 Å². The number of carboxylic acids is 2. The number of nitrogens with two attached hydrogens (primary N) is 1. The van der Waals surface area contributed by atoms with Crippen molar-refractivity contribution >= 4 is 28.5 Å². The van der Waals surface area contributed by atoms with Gasteiger partial charge in [0.15, 0.2) is 11.5 Å². The first-order chi connectivity index (χ1) is 19.3. The van der Waals surface area contributed by atoms with Crippen molar-refractivity contribution in [3.63, 3.8) is 0 Å². The van der Waals surface area contributed by atoms with Gasteiger partial charge in [-0.2, -0.15) is 13.2 Å². The van der Waals surface area contributed by atoms with E-state index < -0.39 is 36.0 Å². The van der Waals surface area contributed by atoms with Crippen molar-refractivity contribution in [2.24, 2.45) is 5.73 Å². The van der Waals surface area contributed by atoms with Crippen LogP contribution in [0.3, 0.4) is 0 Å². The van der Waals surface area contributed by atoms with Crippen LogP contribution in [0.25, 0.3) is 10.9 Å². The molecule has 0 radical (unpaired) electrons. The van der Waals surface area contributed by atoms with Crippen molar-refractivity contribution in [1.29, 1.82) is 0 Å². The number of carboxylic acid groups (broad SMARTS) is 2. The number of aliphatic carboxylic acids is 2. The Morgan fingerprint density at radius 2 is 1.83 bits per heavy atom. The molecule has 0 bridgehead atoms. The molecule has 3 rings (SSSR count). The van der Waals surface area contributed by atoms with Crippen LogP contribution in [-0.2, 0) is 15.8 Å². The molecule has 13 heteroatoms. The van der Waals surface area contributed by atoms with Gasteiger partial charge in [-0.15, -0.1) is 0 Å². The number of anilines is 1. The number of benzene rings is 2. The van der Waals surface area contributed by atoms with Crippen LogP contribution < -0.4 is 25.3 Å². The number of alkyl halides is 3. The Labute approximate surface area is 234 Å². The molecule has 222 valence electrons. The van der Waals surface area contributed by atoms with Crippen LogP contribution in [0, 0.1) is 6.92 Å². The van der Waals surface area contributed by atoms with Crippen LogP contribution in [0.1, 0.15) is 48.8 Å². The van der Waals surface area contributed by atoms with E-state index in [1.54, 1.807) is 13.0 Å². The Hall–Kier alpha value is -4.26. The third-order valence-electron chi connectivity index (χ3n) is 6.43. The predicted octanol–water partition coefficient (Wildman–Crippen LogP) is 5.55. The molecule has 0 spiro atoms. The number of nitrogens with one attached hydrogen (secondary N) is 1. The van der Waals surface area contributed by atoms with Crippen LogP contribution in [0.5, 0.6) is 23.1 Å². The normalized spacial score (nSPS) is 13.0. The second-order valence-corrected chi connectivity index (χ2v) is 9.45. The Balaban J connectivity index is 2.47. The molecule has 2 unspecified atom stereocenters. The topological polar surface area (TPSA) is 153 Å². The van der Waals surface area contributed by atoms with Gasteiger partial charge < -0.3 is 35.5 Å². The summed E-state index contributed by atoms with van der Waals surface area (Å²) in [7, 11) is 2.62. The zero-order valence-corrected chi connectivity index (χ0v) is 23.0. The van der Waals surface area contributed by atoms with E-state index in [9.17, 15) is 33.0 Å². The number of fused-ring (bicyclic) bond motifs is 1. The fourth-order valence-electron chi connectivity index (χ4n) is 4.55. The number of methoxy groups -OCH3 is 2. The van der Waals surface area contributed by atoms with Crippen molar-refractivity contribution in [2.75, 3.05) is 26.1 Å². The summed E-state index contributed by atoms with van der Waals surface area (Å²) in [6.45, 7) is 3.94. The maximum absolute atomic E-state index is 13.5. The first-order valence-electron chi connectivity index (χ1n) is 12.7. The third kappa shape index (κ3) is 7.09. The lowest BCUT2D eigenvalue weighted by atomic mass is 9.89. The summed E-state index contributed by atoms with van der Waals surface area (Å²) in [6, 6.07) is 5.46. The number of ether oxygens (including phenoxy) is 3. The van der Waals surface area contributed by atoms with Crippen molar-refractivity contribution in [2.45, 2.75) is 51.2 Å². The van der Waals surface area contributed by atoms with Crippen LogP contribution in [0.15, 0.2) is 30.3 Å². The first kappa shape index (κ1) is 31.3. The second-order valence-electron chi connectivity index (χ2n) is 9.45. The van der Waals surface area contributed by atoms with E-state index in [4.69, 9.17) is 19.9 Å². The first-order valence-corrected chi connectivity index (χ1v) is 12.7. The van der Waals surface area contributed by atoms with Gasteiger partial charge in [-0.25, -0.2) is 4.98 Å². The molecule has 0 saturated carbocycles. The molecule has 3 aromatic rings. The van der Waals surface area contributed by atoms with Crippen LogP contribution >= 0.6 is 0 Å². The molecule has 0 aliphatic rings. The molecular weight excluding hydrogens is 547 g/mol. The summed E-state index contributed by atoms with van der Waals surface area (Å²) in [5.41, 5.74) is 5.48. The van der Waals surface area contributed by atoms with Gasteiger partial charge in [0, 0.05) is 17.7 Å². The van der Waals surface area contributed by atoms with Gasteiger partial charge in [0.05, 0.1) is 43.2 Å². The lowest BCUT2D eigenvalue weighted by molar-refractivity contribution is -0.145. The number of nitrogens with zero attached hydrogens (tertiary/aromatic N) is 1. The molecule has 5 N–H and O–H groups in total. The molecule has 0 aliphatic carbocycles. The zero-order valence-electron chi connectivity index (χ0n) is 23.0. The minimum atomic E-state index is -4.65. The van der Waals surface area contributed by atoms with E-state index in [0.717, 1.165) is 12.1 Å². The Kier molecular flexibility index (Phi) is 9.87. The van der Waals surface area contributed by atoms with Crippen molar-refractivity contribution < 1.29 is 47.2 Å². The number of aryl methyl sites for hydroxylation is 1. The molecule has 1 heterocycles. The maximum Gasteiger partial charge on any atom is 0.416 e. The Morgan fingerprint density at radius 1 is 1.12 bits per heavy atom. The van der Waals surface area contributed by atoms with E-state index in [-0.39, 0.29) is 45.9 Å². The maximum atomic E-state index is 13.5.